The Morgan fingerprint density at radius 2 is 0.833 bits per heavy atom. The summed E-state index contributed by atoms with van der Waals surface area (Å²) in [7, 11) is 0. The van der Waals surface area contributed by atoms with Crippen LogP contribution in [0.25, 0.3) is 0 Å². The minimum absolute atomic E-state index is 0. The van der Waals surface area contributed by atoms with Gasteiger partial charge in [-0.2, -0.15) is 36.4 Å². The third-order valence-electron chi connectivity index (χ3n) is 1.11. The van der Waals surface area contributed by atoms with Crippen molar-refractivity contribution in [2.45, 2.75) is 0 Å². The van der Waals surface area contributed by atoms with Gasteiger partial charge >= 0.3 is 0 Å². The van der Waals surface area contributed by atoms with Gasteiger partial charge in [-0.1, -0.05) is 0 Å². The maximum atomic E-state index is 2.00. The Morgan fingerprint density at radius 1 is 0.583 bits per heavy atom. The molecule has 0 radical (unpaired) electrons. The van der Waals surface area contributed by atoms with Gasteiger partial charge in [0.1, 0.15) is 0 Å². The van der Waals surface area contributed by atoms with Gasteiger partial charge in [0.25, 0.3) is 0 Å². The van der Waals surface area contributed by atoms with Gasteiger partial charge in [0.05, 0.1) is 0 Å². The Bertz CT molecular complexity index is 149. The van der Waals surface area contributed by atoms with E-state index in [1.165, 1.54) is 0 Å². The summed E-state index contributed by atoms with van der Waals surface area (Å²) in [6.07, 6.45) is 0. The molecule has 0 aliphatic carbocycles. The van der Waals surface area contributed by atoms with Gasteiger partial charge < -0.3 is 0 Å². The first kappa shape index (κ1) is 14.4. The molecule has 0 N–H and O–H groups in total. The van der Waals surface area contributed by atoms with Crippen molar-refractivity contribution in [3.05, 3.63) is 60.7 Å². The van der Waals surface area contributed by atoms with E-state index in [0.29, 0.717) is 0 Å². The van der Waals surface area contributed by atoms with Crippen molar-refractivity contribution in [3.8, 4) is 0 Å². The van der Waals surface area contributed by atoms with Crippen LogP contribution in [-0.2, 0) is 25.8 Å². The van der Waals surface area contributed by atoms with Crippen molar-refractivity contribution in [2.75, 3.05) is 0 Å². The largest absolute Gasteiger partial charge is 0.214 e. The molecule has 2 aromatic rings. The van der Waals surface area contributed by atoms with E-state index < -0.39 is 0 Å². The second kappa shape index (κ2) is 10.9. The van der Waals surface area contributed by atoms with Gasteiger partial charge in [-0.15, -0.1) is 12.4 Å². The molecule has 0 fully saturated rings. The van der Waals surface area contributed by atoms with Crippen LogP contribution in [0.4, 0.5) is 0 Å². The molecule has 64 valence electrons. The molecule has 0 spiro atoms. The standard InChI is InChI=1S/2C5H5.ClH.Hf/c2*1-2-4-5-3-1;;/h2*1-5H;1H;/q2*-1;;. The van der Waals surface area contributed by atoms with E-state index in [9.17, 15) is 0 Å². The summed E-state index contributed by atoms with van der Waals surface area (Å²) >= 11 is 0. The fourth-order valence-corrected chi connectivity index (χ4v) is 0.642. The Labute approximate surface area is 98.5 Å². The zero-order chi connectivity index (χ0) is 7.07. The van der Waals surface area contributed by atoms with Crippen LogP contribution >= 0.6 is 12.4 Å². The number of hydrogen-bond donors (Lipinski definition) is 0. The van der Waals surface area contributed by atoms with E-state index in [4.69, 9.17) is 0 Å². The fraction of sp³-hybridized carbons (Fsp3) is 0. The quantitative estimate of drug-likeness (QED) is 0.508. The average Bonchev–Trinajstić information content (AvgIpc) is 2.67. The fourth-order valence-electron chi connectivity index (χ4n) is 0.642. The molecule has 0 unspecified atom stereocenters. The molecule has 12 heavy (non-hydrogen) atoms. The molecule has 0 aliphatic heterocycles. The van der Waals surface area contributed by atoms with E-state index in [1.807, 2.05) is 60.7 Å². The van der Waals surface area contributed by atoms with Gasteiger partial charge in [0, 0.05) is 25.8 Å². The maximum absolute atomic E-state index is 2.00. The molecule has 0 saturated heterocycles. The number of rotatable bonds is 0. The van der Waals surface area contributed by atoms with Crippen LogP contribution < -0.4 is 0 Å². The molecule has 2 heteroatoms. The average molecular weight is 345 g/mol. The molecule has 0 amide bonds. The zero-order valence-electron chi connectivity index (χ0n) is 6.68. The molecule has 0 aromatic heterocycles. The first-order valence-electron chi connectivity index (χ1n) is 3.33. The van der Waals surface area contributed by atoms with Crippen molar-refractivity contribution in [1.82, 2.24) is 0 Å². The van der Waals surface area contributed by atoms with Gasteiger partial charge in [-0.05, 0) is 0 Å². The van der Waals surface area contributed by atoms with Crippen LogP contribution in [0.3, 0.4) is 0 Å². The summed E-state index contributed by atoms with van der Waals surface area (Å²) in [5.41, 5.74) is 0. The van der Waals surface area contributed by atoms with E-state index in [0.717, 1.165) is 0 Å². The van der Waals surface area contributed by atoms with Crippen molar-refractivity contribution >= 4 is 12.4 Å². The molecule has 0 heterocycles. The van der Waals surface area contributed by atoms with Crippen LogP contribution in [0, 0.1) is 0 Å². The number of halogens is 1. The molecule has 0 nitrogen and oxygen atoms in total. The van der Waals surface area contributed by atoms with Crippen molar-refractivity contribution in [1.29, 1.82) is 0 Å². The summed E-state index contributed by atoms with van der Waals surface area (Å²) in [5.74, 6) is 0. The Kier molecular flexibility index (Phi) is 13.0. The van der Waals surface area contributed by atoms with Gasteiger partial charge in [-0.25, -0.2) is 24.3 Å². The van der Waals surface area contributed by atoms with Crippen molar-refractivity contribution in [3.63, 3.8) is 0 Å². The van der Waals surface area contributed by atoms with E-state index in [-0.39, 0.29) is 38.3 Å². The third-order valence-corrected chi connectivity index (χ3v) is 1.11. The molecular weight excluding hydrogens is 334 g/mol. The van der Waals surface area contributed by atoms with E-state index in [1.54, 1.807) is 0 Å². The van der Waals surface area contributed by atoms with Crippen molar-refractivity contribution < 1.29 is 25.8 Å². The van der Waals surface area contributed by atoms with Crippen LogP contribution in [0.1, 0.15) is 0 Å². The molecule has 2 rings (SSSR count). The first-order chi connectivity index (χ1) is 5.00. The van der Waals surface area contributed by atoms with Gasteiger partial charge in [0.2, 0.25) is 0 Å². The zero-order valence-corrected chi connectivity index (χ0v) is 11.1. The molecule has 0 aliphatic rings. The smallest absolute Gasteiger partial charge is 0 e. The summed E-state index contributed by atoms with van der Waals surface area (Å²) in [4.78, 5) is 0. The second-order valence-electron chi connectivity index (χ2n) is 1.92. The second-order valence-corrected chi connectivity index (χ2v) is 1.92. The Hall–Kier alpha value is -0.140. The topological polar surface area (TPSA) is 0 Å². The van der Waals surface area contributed by atoms with Crippen LogP contribution in [-0.4, -0.2) is 0 Å². The summed E-state index contributed by atoms with van der Waals surface area (Å²) in [5, 5.41) is 0. The molecular formula is C10H11ClHf-2. The van der Waals surface area contributed by atoms with E-state index in [2.05, 4.69) is 0 Å². The SMILES string of the molecule is Cl.[Hf].c1cc[cH-]c1.c1cc[cH-]c1. The van der Waals surface area contributed by atoms with E-state index >= 15 is 0 Å². The maximum Gasteiger partial charge on any atom is 0 e. The Morgan fingerprint density at radius 3 is 0.917 bits per heavy atom. The van der Waals surface area contributed by atoms with Gasteiger partial charge in [0.15, 0.2) is 0 Å². The van der Waals surface area contributed by atoms with Crippen LogP contribution in [0.5, 0.6) is 0 Å². The normalized spacial score (nSPS) is 6.67. The predicted octanol–water partition coefficient (Wildman–Crippen LogP) is 3.23. The van der Waals surface area contributed by atoms with Crippen molar-refractivity contribution in [2.24, 2.45) is 0 Å². The van der Waals surface area contributed by atoms with Crippen LogP contribution in [0.15, 0.2) is 60.7 Å². The molecule has 0 bridgehead atoms. The van der Waals surface area contributed by atoms with Crippen LogP contribution in [0.2, 0.25) is 0 Å². The summed E-state index contributed by atoms with van der Waals surface area (Å²) in [6.45, 7) is 0. The minimum atomic E-state index is 0. The molecule has 2 aromatic carbocycles. The predicted molar refractivity (Wildman–Crippen MR) is 51.3 cm³/mol. The monoisotopic (exact) mass is 346 g/mol. The summed E-state index contributed by atoms with van der Waals surface area (Å²) < 4.78 is 0. The third kappa shape index (κ3) is 7.96. The first-order valence-corrected chi connectivity index (χ1v) is 3.33. The Balaban J connectivity index is 0. The molecule has 0 atom stereocenters. The van der Waals surface area contributed by atoms with Gasteiger partial charge in [-0.3, -0.25) is 0 Å². The number of hydrogen-bond acceptors (Lipinski definition) is 0. The minimum Gasteiger partial charge on any atom is -0.214 e. The summed E-state index contributed by atoms with van der Waals surface area (Å²) in [6, 6.07) is 20.0. The molecule has 0 saturated carbocycles.